The second kappa shape index (κ2) is 8.83. The van der Waals surface area contributed by atoms with Crippen molar-refractivity contribution in [2.24, 2.45) is 0 Å². The number of nitrogens with one attached hydrogen (secondary N) is 2. The number of carbonyl (C=O) groups is 2. The topological polar surface area (TPSA) is 111 Å². The zero-order valence-corrected chi connectivity index (χ0v) is 18.9. The Morgan fingerprint density at radius 1 is 0.800 bits per heavy atom. The molecule has 0 aliphatic rings. The van der Waals surface area contributed by atoms with E-state index in [4.69, 9.17) is 13.6 Å². The molecule has 0 bridgehead atoms. The lowest BCUT2D eigenvalue weighted by Crippen LogP contribution is -2.18. The number of benzene rings is 3. The van der Waals surface area contributed by atoms with Crippen LogP contribution in [0.2, 0.25) is 0 Å². The van der Waals surface area contributed by atoms with Gasteiger partial charge in [0, 0.05) is 17.1 Å². The van der Waals surface area contributed by atoms with Crippen LogP contribution < -0.4 is 20.8 Å². The molecular weight excluding hydrogens is 448 g/mol. The van der Waals surface area contributed by atoms with Crippen LogP contribution in [0.4, 0.5) is 11.4 Å². The minimum atomic E-state index is -0.686. The van der Waals surface area contributed by atoms with Crippen molar-refractivity contribution in [3.8, 4) is 5.75 Å². The molecule has 0 aliphatic carbocycles. The van der Waals surface area contributed by atoms with Crippen LogP contribution in [0.3, 0.4) is 0 Å². The normalized spacial score (nSPS) is 10.9. The average molecular weight is 468 g/mol. The molecule has 0 saturated heterocycles. The molecule has 0 spiro atoms. The van der Waals surface area contributed by atoms with Gasteiger partial charge in [0.2, 0.25) is 5.76 Å². The summed E-state index contributed by atoms with van der Waals surface area (Å²) in [7, 11) is 1.55. The lowest BCUT2D eigenvalue weighted by molar-refractivity contribution is 0.0996. The molecule has 0 atom stereocenters. The first-order valence-electron chi connectivity index (χ1n) is 10.8. The SMILES string of the molecule is COc1ccc(NC(=O)c2oc3ccccc3c2NC(=O)c2cc(=O)c3cc(C)ccc3o2)cc1. The summed E-state index contributed by atoms with van der Waals surface area (Å²) in [5.74, 6) is -0.870. The molecule has 5 rings (SSSR count). The number of methoxy groups -OCH3 is 1. The summed E-state index contributed by atoms with van der Waals surface area (Å²) in [5, 5.41) is 6.35. The third-order valence-electron chi connectivity index (χ3n) is 5.49. The van der Waals surface area contributed by atoms with Gasteiger partial charge in [-0.25, -0.2) is 0 Å². The predicted octanol–water partition coefficient (Wildman–Crippen LogP) is 5.36. The van der Waals surface area contributed by atoms with Crippen molar-refractivity contribution in [3.63, 3.8) is 0 Å². The summed E-state index contributed by atoms with van der Waals surface area (Å²) >= 11 is 0. The number of carbonyl (C=O) groups excluding carboxylic acids is 2. The van der Waals surface area contributed by atoms with Gasteiger partial charge in [-0.3, -0.25) is 14.4 Å². The highest BCUT2D eigenvalue weighted by atomic mass is 16.5. The van der Waals surface area contributed by atoms with Crippen molar-refractivity contribution in [1.82, 2.24) is 0 Å². The molecule has 3 aromatic carbocycles. The van der Waals surface area contributed by atoms with E-state index in [0.29, 0.717) is 33.4 Å². The number of hydrogen-bond acceptors (Lipinski definition) is 6. The summed E-state index contributed by atoms with van der Waals surface area (Å²) in [4.78, 5) is 38.7. The summed E-state index contributed by atoms with van der Waals surface area (Å²) in [5.41, 5.74) is 1.96. The molecule has 8 nitrogen and oxygen atoms in total. The minimum Gasteiger partial charge on any atom is -0.497 e. The second-order valence-corrected chi connectivity index (χ2v) is 7.91. The van der Waals surface area contributed by atoms with E-state index in [1.807, 2.05) is 6.92 Å². The number of hydrogen-bond donors (Lipinski definition) is 2. The predicted molar refractivity (Wildman–Crippen MR) is 132 cm³/mol. The van der Waals surface area contributed by atoms with Crippen LogP contribution in [0.25, 0.3) is 21.9 Å². The first-order chi connectivity index (χ1) is 16.9. The molecule has 5 aromatic rings. The van der Waals surface area contributed by atoms with Crippen molar-refractivity contribution in [1.29, 1.82) is 0 Å². The third-order valence-corrected chi connectivity index (χ3v) is 5.49. The summed E-state index contributed by atoms with van der Waals surface area (Å²) in [6.45, 7) is 1.86. The number of amides is 2. The van der Waals surface area contributed by atoms with Gasteiger partial charge in [0.1, 0.15) is 22.6 Å². The van der Waals surface area contributed by atoms with E-state index in [1.54, 1.807) is 73.8 Å². The Bertz CT molecular complexity index is 1650. The Labute approximate surface area is 199 Å². The zero-order valence-electron chi connectivity index (χ0n) is 18.9. The molecule has 2 amide bonds. The zero-order chi connectivity index (χ0) is 24.5. The van der Waals surface area contributed by atoms with Crippen molar-refractivity contribution in [2.45, 2.75) is 6.92 Å². The fourth-order valence-corrected chi connectivity index (χ4v) is 3.75. The maximum absolute atomic E-state index is 13.1. The van der Waals surface area contributed by atoms with E-state index in [2.05, 4.69) is 10.6 Å². The summed E-state index contributed by atoms with van der Waals surface area (Å²) in [6, 6.07) is 20.0. The van der Waals surface area contributed by atoms with Gasteiger partial charge < -0.3 is 24.2 Å². The molecule has 8 heteroatoms. The molecule has 2 N–H and O–H groups in total. The van der Waals surface area contributed by atoms with Gasteiger partial charge in [-0.15, -0.1) is 0 Å². The molecule has 2 aromatic heterocycles. The van der Waals surface area contributed by atoms with Gasteiger partial charge in [0.15, 0.2) is 11.2 Å². The number of ether oxygens (including phenoxy) is 1. The molecule has 0 radical (unpaired) electrons. The van der Waals surface area contributed by atoms with E-state index >= 15 is 0 Å². The van der Waals surface area contributed by atoms with Crippen molar-refractivity contribution in [2.75, 3.05) is 17.7 Å². The number of furan rings is 1. The van der Waals surface area contributed by atoms with Crippen LogP contribution in [0.1, 0.15) is 26.7 Å². The van der Waals surface area contributed by atoms with Crippen molar-refractivity contribution in [3.05, 3.63) is 100 Å². The van der Waals surface area contributed by atoms with Gasteiger partial charge in [-0.05, 0) is 55.5 Å². The number of anilines is 2. The maximum Gasteiger partial charge on any atom is 0.293 e. The van der Waals surface area contributed by atoms with E-state index in [0.717, 1.165) is 11.6 Å². The summed E-state index contributed by atoms with van der Waals surface area (Å²) in [6.07, 6.45) is 0. The number of aryl methyl sites for hydroxylation is 1. The van der Waals surface area contributed by atoms with Gasteiger partial charge >= 0.3 is 0 Å². The van der Waals surface area contributed by atoms with Crippen LogP contribution in [0.5, 0.6) is 5.75 Å². The molecule has 0 saturated carbocycles. The molecule has 35 heavy (non-hydrogen) atoms. The van der Waals surface area contributed by atoms with Gasteiger partial charge in [0.05, 0.1) is 12.5 Å². The Kier molecular flexibility index (Phi) is 5.54. The number of para-hydroxylation sites is 1. The van der Waals surface area contributed by atoms with Crippen molar-refractivity contribution < 1.29 is 23.2 Å². The molecule has 0 fully saturated rings. The molecule has 174 valence electrons. The fraction of sp³-hybridized carbons (Fsp3) is 0.0741. The molecule has 2 heterocycles. The molecule has 0 unspecified atom stereocenters. The van der Waals surface area contributed by atoms with Gasteiger partial charge in [-0.2, -0.15) is 0 Å². The lowest BCUT2D eigenvalue weighted by Gasteiger charge is -2.08. The standard InChI is InChI=1S/C27H20N2O6/c1-15-7-12-22-19(13-15)20(30)14-23(34-22)26(31)29-24-18-5-3-4-6-21(18)35-25(24)27(32)28-16-8-10-17(33-2)11-9-16/h3-14H,1-2H3,(H,28,32)(H,29,31). The Balaban J connectivity index is 1.50. The fourth-order valence-electron chi connectivity index (χ4n) is 3.75. The summed E-state index contributed by atoms with van der Waals surface area (Å²) < 4.78 is 16.6. The third kappa shape index (κ3) is 4.24. The molecule has 0 aliphatic heterocycles. The minimum absolute atomic E-state index is 0.0888. The van der Waals surface area contributed by atoms with E-state index in [-0.39, 0.29) is 22.6 Å². The van der Waals surface area contributed by atoms with E-state index in [9.17, 15) is 14.4 Å². The van der Waals surface area contributed by atoms with Crippen LogP contribution in [-0.4, -0.2) is 18.9 Å². The quantitative estimate of drug-likeness (QED) is 0.359. The highest BCUT2D eigenvalue weighted by Crippen LogP contribution is 2.32. The maximum atomic E-state index is 13.1. The van der Waals surface area contributed by atoms with Crippen molar-refractivity contribution >= 4 is 45.1 Å². The smallest absolute Gasteiger partial charge is 0.293 e. The number of fused-ring (bicyclic) bond motifs is 2. The Morgan fingerprint density at radius 2 is 1.54 bits per heavy atom. The van der Waals surface area contributed by atoms with E-state index < -0.39 is 11.8 Å². The monoisotopic (exact) mass is 468 g/mol. The highest BCUT2D eigenvalue weighted by Gasteiger charge is 2.24. The van der Waals surface area contributed by atoms with Crippen LogP contribution in [0.15, 0.2) is 86.4 Å². The average Bonchev–Trinajstić information content (AvgIpc) is 3.23. The van der Waals surface area contributed by atoms with Crippen LogP contribution in [-0.2, 0) is 0 Å². The van der Waals surface area contributed by atoms with Gasteiger partial charge in [0.25, 0.3) is 11.8 Å². The van der Waals surface area contributed by atoms with Gasteiger partial charge in [-0.1, -0.05) is 23.8 Å². The van der Waals surface area contributed by atoms with E-state index in [1.165, 1.54) is 0 Å². The van der Waals surface area contributed by atoms with Crippen LogP contribution in [0, 0.1) is 6.92 Å². The molecular formula is C27H20N2O6. The Morgan fingerprint density at radius 3 is 2.31 bits per heavy atom. The first kappa shape index (κ1) is 22.0. The largest absolute Gasteiger partial charge is 0.497 e. The van der Waals surface area contributed by atoms with Crippen LogP contribution >= 0.6 is 0 Å². The highest BCUT2D eigenvalue weighted by molar-refractivity contribution is 6.16. The first-order valence-corrected chi connectivity index (χ1v) is 10.8. The Hall–Kier alpha value is -4.85. The number of rotatable bonds is 5. The lowest BCUT2D eigenvalue weighted by atomic mass is 10.1. The second-order valence-electron chi connectivity index (χ2n) is 7.91.